The first-order valence-corrected chi connectivity index (χ1v) is 6.76. The van der Waals surface area contributed by atoms with Crippen molar-refractivity contribution in [3.8, 4) is 17.2 Å². The van der Waals surface area contributed by atoms with Crippen molar-refractivity contribution in [2.24, 2.45) is 0 Å². The van der Waals surface area contributed by atoms with Crippen molar-refractivity contribution in [3.63, 3.8) is 0 Å². The Hall–Kier alpha value is -2.25. The standard InChI is InChI=1S/C15H16O7/c1-15(2,18)11(16)6-19-10-5-9-8(3-4-12(17)22-9)13-14(10)21-7-20-13/h3-5,11,16,18H,6-7H2,1-2H3/t11-/m0/s1. The number of ether oxygens (including phenoxy) is 3. The predicted molar refractivity (Wildman–Crippen MR) is 76.4 cm³/mol. The van der Waals surface area contributed by atoms with E-state index in [4.69, 9.17) is 18.6 Å². The van der Waals surface area contributed by atoms with Crippen LogP contribution in [0.2, 0.25) is 0 Å². The molecule has 0 unspecified atom stereocenters. The number of benzene rings is 1. The molecule has 0 aliphatic carbocycles. The highest BCUT2D eigenvalue weighted by molar-refractivity contribution is 5.89. The van der Waals surface area contributed by atoms with E-state index in [-0.39, 0.29) is 19.1 Å². The molecule has 0 amide bonds. The van der Waals surface area contributed by atoms with Gasteiger partial charge in [0.25, 0.3) is 0 Å². The Kier molecular flexibility index (Phi) is 3.46. The first-order valence-electron chi connectivity index (χ1n) is 6.76. The summed E-state index contributed by atoms with van der Waals surface area (Å²) in [6.07, 6.45) is -1.09. The van der Waals surface area contributed by atoms with Crippen molar-refractivity contribution >= 4 is 11.0 Å². The van der Waals surface area contributed by atoms with E-state index in [0.717, 1.165) is 0 Å². The smallest absolute Gasteiger partial charge is 0.336 e. The lowest BCUT2D eigenvalue weighted by atomic mass is 10.0. The van der Waals surface area contributed by atoms with Gasteiger partial charge in [0, 0.05) is 12.1 Å². The fraction of sp³-hybridized carbons (Fsp3) is 0.400. The van der Waals surface area contributed by atoms with E-state index >= 15 is 0 Å². The van der Waals surface area contributed by atoms with E-state index in [1.165, 1.54) is 26.0 Å². The normalized spacial score (nSPS) is 15.1. The number of hydrogen-bond donors (Lipinski definition) is 2. The molecule has 0 radical (unpaired) electrons. The zero-order valence-corrected chi connectivity index (χ0v) is 12.2. The molecule has 1 aromatic heterocycles. The van der Waals surface area contributed by atoms with Crippen molar-refractivity contribution in [1.82, 2.24) is 0 Å². The first-order chi connectivity index (χ1) is 10.4. The molecular formula is C15H16O7. The number of aliphatic hydroxyl groups is 2. The molecule has 0 saturated heterocycles. The summed E-state index contributed by atoms with van der Waals surface area (Å²) in [5.74, 6) is 1.08. The van der Waals surface area contributed by atoms with Gasteiger partial charge in [0.1, 0.15) is 18.3 Å². The molecule has 7 heteroatoms. The van der Waals surface area contributed by atoms with E-state index in [2.05, 4.69) is 0 Å². The van der Waals surface area contributed by atoms with Crippen molar-refractivity contribution in [3.05, 3.63) is 28.6 Å². The van der Waals surface area contributed by atoms with Crippen molar-refractivity contribution in [2.75, 3.05) is 13.4 Å². The minimum Gasteiger partial charge on any atom is -0.487 e. The average molecular weight is 308 g/mol. The monoisotopic (exact) mass is 308 g/mol. The maximum Gasteiger partial charge on any atom is 0.336 e. The van der Waals surface area contributed by atoms with E-state index < -0.39 is 17.3 Å². The maximum absolute atomic E-state index is 11.3. The lowest BCUT2D eigenvalue weighted by molar-refractivity contribution is -0.0664. The molecule has 1 atom stereocenters. The summed E-state index contributed by atoms with van der Waals surface area (Å²) in [6, 6.07) is 4.38. The van der Waals surface area contributed by atoms with Gasteiger partial charge in [-0.05, 0) is 19.9 Å². The highest BCUT2D eigenvalue weighted by Gasteiger charge is 2.28. The third kappa shape index (κ3) is 2.60. The molecule has 2 aromatic rings. The predicted octanol–water partition coefficient (Wildman–Crippen LogP) is 1.03. The molecule has 0 fully saturated rings. The van der Waals surface area contributed by atoms with Gasteiger partial charge in [-0.3, -0.25) is 0 Å². The molecule has 0 bridgehead atoms. The maximum atomic E-state index is 11.3. The van der Waals surface area contributed by atoms with Crippen LogP contribution >= 0.6 is 0 Å². The topological polar surface area (TPSA) is 98.4 Å². The van der Waals surface area contributed by atoms with Crippen molar-refractivity contribution < 1.29 is 28.8 Å². The summed E-state index contributed by atoms with van der Waals surface area (Å²) < 4.78 is 21.4. The van der Waals surface area contributed by atoms with E-state index in [1.54, 1.807) is 6.07 Å². The average Bonchev–Trinajstić information content (AvgIpc) is 2.92. The summed E-state index contributed by atoms with van der Waals surface area (Å²) in [5, 5.41) is 20.2. The van der Waals surface area contributed by atoms with Gasteiger partial charge in [-0.25, -0.2) is 4.79 Å². The SMILES string of the molecule is CC(C)(O)[C@@H](O)COc1cc2oc(=O)ccc2c2c1OCO2. The number of hydrogen-bond acceptors (Lipinski definition) is 7. The fourth-order valence-corrected chi connectivity index (χ4v) is 2.05. The molecule has 3 rings (SSSR count). The third-order valence-corrected chi connectivity index (χ3v) is 3.42. The lowest BCUT2D eigenvalue weighted by Gasteiger charge is -2.24. The summed E-state index contributed by atoms with van der Waals surface area (Å²) in [4.78, 5) is 11.3. The molecule has 0 spiro atoms. The Morgan fingerprint density at radius 3 is 2.77 bits per heavy atom. The van der Waals surface area contributed by atoms with Gasteiger partial charge in [0.05, 0.1) is 11.0 Å². The second kappa shape index (κ2) is 5.19. The van der Waals surface area contributed by atoms with Gasteiger partial charge < -0.3 is 28.8 Å². The zero-order chi connectivity index (χ0) is 15.9. The molecule has 2 heterocycles. The molecule has 118 valence electrons. The third-order valence-electron chi connectivity index (χ3n) is 3.42. The Morgan fingerprint density at radius 2 is 2.05 bits per heavy atom. The van der Waals surface area contributed by atoms with Gasteiger partial charge in [-0.1, -0.05) is 0 Å². The lowest BCUT2D eigenvalue weighted by Crippen LogP contribution is -2.40. The van der Waals surface area contributed by atoms with Crippen LogP contribution in [-0.4, -0.2) is 35.3 Å². The number of fused-ring (bicyclic) bond motifs is 3. The quantitative estimate of drug-likeness (QED) is 0.814. The van der Waals surface area contributed by atoms with Gasteiger partial charge in [0.15, 0.2) is 11.5 Å². The van der Waals surface area contributed by atoms with Crippen LogP contribution in [0.3, 0.4) is 0 Å². The van der Waals surface area contributed by atoms with Gasteiger partial charge in [0.2, 0.25) is 12.5 Å². The second-order valence-electron chi connectivity index (χ2n) is 5.59. The largest absolute Gasteiger partial charge is 0.487 e. The molecule has 1 aliphatic heterocycles. The van der Waals surface area contributed by atoms with Crippen molar-refractivity contribution in [2.45, 2.75) is 25.6 Å². The van der Waals surface area contributed by atoms with Crippen LogP contribution < -0.4 is 19.8 Å². The van der Waals surface area contributed by atoms with E-state index in [1.807, 2.05) is 0 Å². The molecule has 2 N–H and O–H groups in total. The molecule has 1 aromatic carbocycles. The summed E-state index contributed by atoms with van der Waals surface area (Å²) in [6.45, 7) is 2.83. The molecule has 7 nitrogen and oxygen atoms in total. The molecule has 22 heavy (non-hydrogen) atoms. The van der Waals surface area contributed by atoms with Gasteiger partial charge in [-0.2, -0.15) is 0 Å². The first kappa shape index (κ1) is 14.7. The Balaban J connectivity index is 1.98. The number of rotatable bonds is 4. The Morgan fingerprint density at radius 1 is 1.32 bits per heavy atom. The Bertz CT molecular complexity index is 757. The minimum atomic E-state index is -1.30. The summed E-state index contributed by atoms with van der Waals surface area (Å²) in [5.41, 5.74) is -1.50. The van der Waals surface area contributed by atoms with Crippen LogP contribution in [0.1, 0.15) is 13.8 Å². The second-order valence-corrected chi connectivity index (χ2v) is 5.59. The minimum absolute atomic E-state index is 0.0258. The van der Waals surface area contributed by atoms with Crippen LogP contribution in [0.15, 0.2) is 27.4 Å². The highest BCUT2D eigenvalue weighted by Crippen LogP contribution is 2.46. The summed E-state index contributed by atoms with van der Waals surface area (Å²) >= 11 is 0. The van der Waals surface area contributed by atoms with E-state index in [0.29, 0.717) is 22.5 Å². The highest BCUT2D eigenvalue weighted by atomic mass is 16.7. The van der Waals surface area contributed by atoms with Crippen LogP contribution in [-0.2, 0) is 0 Å². The van der Waals surface area contributed by atoms with Gasteiger partial charge in [-0.15, -0.1) is 0 Å². The van der Waals surface area contributed by atoms with Gasteiger partial charge >= 0.3 is 5.63 Å². The molecular weight excluding hydrogens is 292 g/mol. The Labute approximate surface area is 125 Å². The van der Waals surface area contributed by atoms with Crippen LogP contribution in [0.25, 0.3) is 11.0 Å². The molecule has 1 aliphatic rings. The van der Waals surface area contributed by atoms with Crippen LogP contribution in [0, 0.1) is 0 Å². The summed E-state index contributed by atoms with van der Waals surface area (Å²) in [7, 11) is 0. The molecule has 0 saturated carbocycles. The zero-order valence-electron chi connectivity index (χ0n) is 12.2. The van der Waals surface area contributed by atoms with Crippen molar-refractivity contribution in [1.29, 1.82) is 0 Å². The van der Waals surface area contributed by atoms with E-state index in [9.17, 15) is 15.0 Å². The van der Waals surface area contributed by atoms with Crippen LogP contribution in [0.5, 0.6) is 17.2 Å². The van der Waals surface area contributed by atoms with Crippen LogP contribution in [0.4, 0.5) is 0 Å². The number of aliphatic hydroxyl groups excluding tert-OH is 1. The fourth-order valence-electron chi connectivity index (χ4n) is 2.05.